The van der Waals surface area contributed by atoms with Gasteiger partial charge in [-0.3, -0.25) is 14.4 Å². The minimum atomic E-state index is -0.761. The lowest BCUT2D eigenvalue weighted by Crippen LogP contribution is -2.30. The van der Waals surface area contributed by atoms with Crippen LogP contribution in [0.4, 0.5) is 0 Å². The van der Waals surface area contributed by atoms with E-state index >= 15 is 0 Å². The van der Waals surface area contributed by atoms with E-state index in [0.29, 0.717) is 19.3 Å². The second-order valence-corrected chi connectivity index (χ2v) is 19.0. The van der Waals surface area contributed by atoms with Crippen LogP contribution in [0.2, 0.25) is 0 Å². The van der Waals surface area contributed by atoms with Gasteiger partial charge in [-0.05, 0) is 25.2 Å². The number of carbonyl (C=O) groups is 3. The molecule has 0 unspecified atom stereocenters. The third-order valence-electron chi connectivity index (χ3n) is 12.3. The van der Waals surface area contributed by atoms with Crippen LogP contribution in [-0.2, 0) is 28.6 Å². The molecule has 356 valence electrons. The zero-order valence-corrected chi connectivity index (χ0v) is 40.9. The van der Waals surface area contributed by atoms with Crippen LogP contribution in [0.5, 0.6) is 0 Å². The Morgan fingerprint density at radius 2 is 0.550 bits per heavy atom. The lowest BCUT2D eigenvalue weighted by Gasteiger charge is -2.18. The highest BCUT2D eigenvalue weighted by molar-refractivity contribution is 5.71. The van der Waals surface area contributed by atoms with E-state index in [1.165, 1.54) is 199 Å². The summed E-state index contributed by atoms with van der Waals surface area (Å²) in [7, 11) is 0. The molecule has 0 radical (unpaired) electrons. The Bertz CT molecular complexity index is 903. The molecule has 0 aromatic carbocycles. The Morgan fingerprint density at radius 1 is 0.317 bits per heavy atom. The van der Waals surface area contributed by atoms with Crippen LogP contribution in [0.15, 0.2) is 0 Å². The van der Waals surface area contributed by atoms with Gasteiger partial charge in [0.2, 0.25) is 0 Å². The summed E-state index contributed by atoms with van der Waals surface area (Å²) >= 11 is 0. The second-order valence-electron chi connectivity index (χ2n) is 19.0. The van der Waals surface area contributed by atoms with Gasteiger partial charge >= 0.3 is 17.9 Å². The fraction of sp³-hybridized carbons (Fsp3) is 0.944. The van der Waals surface area contributed by atoms with Crippen LogP contribution in [0, 0.1) is 5.92 Å². The number of unbranched alkanes of at least 4 members (excludes halogenated alkanes) is 36. The minimum Gasteiger partial charge on any atom is -0.462 e. The van der Waals surface area contributed by atoms with E-state index in [9.17, 15) is 14.4 Å². The monoisotopic (exact) mass is 849 g/mol. The summed E-state index contributed by atoms with van der Waals surface area (Å²) in [5.74, 6) is -0.0641. The van der Waals surface area contributed by atoms with E-state index < -0.39 is 6.10 Å². The van der Waals surface area contributed by atoms with Crippen LogP contribution < -0.4 is 0 Å². The summed E-state index contributed by atoms with van der Waals surface area (Å²) in [6, 6.07) is 0. The third kappa shape index (κ3) is 47.5. The molecular formula is C54H104O6. The third-order valence-corrected chi connectivity index (χ3v) is 12.3. The molecule has 0 heterocycles. The Kier molecular flexibility index (Phi) is 47.2. The molecule has 0 rings (SSSR count). The highest BCUT2D eigenvalue weighted by atomic mass is 16.6. The van der Waals surface area contributed by atoms with Crippen molar-refractivity contribution in [3.63, 3.8) is 0 Å². The first kappa shape index (κ1) is 58.4. The van der Waals surface area contributed by atoms with E-state index in [-0.39, 0.29) is 31.1 Å². The smallest absolute Gasteiger partial charge is 0.306 e. The minimum absolute atomic E-state index is 0.0631. The van der Waals surface area contributed by atoms with Crippen LogP contribution in [0.3, 0.4) is 0 Å². The summed E-state index contributed by atoms with van der Waals surface area (Å²) in [6.45, 7) is 8.99. The van der Waals surface area contributed by atoms with Crippen LogP contribution in [0.1, 0.15) is 304 Å². The number of hydrogen-bond donors (Lipinski definition) is 0. The maximum absolute atomic E-state index is 12.8. The molecule has 60 heavy (non-hydrogen) atoms. The summed E-state index contributed by atoms with van der Waals surface area (Å²) in [5, 5.41) is 0. The van der Waals surface area contributed by atoms with Crippen molar-refractivity contribution in [3.8, 4) is 0 Å². The van der Waals surface area contributed by atoms with E-state index in [1.807, 2.05) is 0 Å². The number of esters is 3. The van der Waals surface area contributed by atoms with Gasteiger partial charge in [-0.25, -0.2) is 0 Å². The first-order valence-corrected chi connectivity index (χ1v) is 26.9. The molecular weight excluding hydrogens is 745 g/mol. The standard InChI is InChI=1S/C54H104O6/c1-5-7-9-11-13-15-17-19-20-21-22-23-24-26-27-29-33-37-41-45-52(55)58-48-51(49-59-53(56)46-42-38-35-31-32-36-40-44-50(3)4)60-54(57)47-43-39-34-30-28-25-18-16-14-12-10-8-6-2/h50-51H,5-49H2,1-4H3/t51-/m0/s1. The lowest BCUT2D eigenvalue weighted by atomic mass is 10.0. The molecule has 6 heteroatoms. The molecule has 0 fully saturated rings. The second kappa shape index (κ2) is 48.4. The van der Waals surface area contributed by atoms with Gasteiger partial charge in [-0.2, -0.15) is 0 Å². The molecule has 0 aliphatic carbocycles. The van der Waals surface area contributed by atoms with Crippen molar-refractivity contribution in [3.05, 3.63) is 0 Å². The summed E-state index contributed by atoms with van der Waals surface area (Å²) in [5.41, 5.74) is 0. The van der Waals surface area contributed by atoms with Gasteiger partial charge in [0.25, 0.3) is 0 Å². The Morgan fingerprint density at radius 3 is 0.817 bits per heavy atom. The first-order valence-electron chi connectivity index (χ1n) is 26.9. The number of rotatable bonds is 49. The Hall–Kier alpha value is -1.59. The molecule has 0 aliphatic rings. The fourth-order valence-corrected chi connectivity index (χ4v) is 8.22. The average Bonchev–Trinajstić information content (AvgIpc) is 3.23. The highest BCUT2D eigenvalue weighted by Gasteiger charge is 2.19. The average molecular weight is 849 g/mol. The lowest BCUT2D eigenvalue weighted by molar-refractivity contribution is -0.167. The number of ether oxygens (including phenoxy) is 3. The first-order chi connectivity index (χ1) is 29.4. The van der Waals surface area contributed by atoms with Gasteiger partial charge in [-0.15, -0.1) is 0 Å². The van der Waals surface area contributed by atoms with Gasteiger partial charge in [0, 0.05) is 19.3 Å². The molecule has 6 nitrogen and oxygen atoms in total. The largest absolute Gasteiger partial charge is 0.462 e. The summed E-state index contributed by atoms with van der Waals surface area (Å²) in [4.78, 5) is 37.9. The maximum atomic E-state index is 12.8. The topological polar surface area (TPSA) is 78.9 Å². The van der Waals surface area contributed by atoms with E-state index in [1.54, 1.807) is 0 Å². The molecule has 0 N–H and O–H groups in total. The Balaban J connectivity index is 4.23. The van der Waals surface area contributed by atoms with Crippen molar-refractivity contribution in [1.29, 1.82) is 0 Å². The van der Waals surface area contributed by atoms with Crippen molar-refractivity contribution in [2.75, 3.05) is 13.2 Å². The summed E-state index contributed by atoms with van der Waals surface area (Å²) < 4.78 is 16.8. The van der Waals surface area contributed by atoms with Crippen LogP contribution in [0.25, 0.3) is 0 Å². The predicted molar refractivity (Wildman–Crippen MR) is 257 cm³/mol. The molecule has 0 spiro atoms. The van der Waals surface area contributed by atoms with Crippen molar-refractivity contribution < 1.29 is 28.6 Å². The van der Waals surface area contributed by atoms with Crippen molar-refractivity contribution in [2.45, 2.75) is 310 Å². The predicted octanol–water partition coefficient (Wildman–Crippen LogP) is 17.5. The molecule has 0 aromatic heterocycles. The molecule has 0 aliphatic heterocycles. The van der Waals surface area contributed by atoms with Gasteiger partial charge < -0.3 is 14.2 Å². The van der Waals surface area contributed by atoms with E-state index in [0.717, 1.165) is 63.7 Å². The number of carbonyl (C=O) groups excluding carboxylic acids is 3. The van der Waals surface area contributed by atoms with Gasteiger partial charge in [0.15, 0.2) is 6.10 Å². The quantitative estimate of drug-likeness (QED) is 0.0345. The Labute approximate surface area is 374 Å². The molecule has 0 saturated heterocycles. The van der Waals surface area contributed by atoms with Crippen molar-refractivity contribution >= 4 is 17.9 Å². The van der Waals surface area contributed by atoms with Crippen LogP contribution in [-0.4, -0.2) is 37.2 Å². The van der Waals surface area contributed by atoms with Gasteiger partial charge in [0.05, 0.1) is 0 Å². The number of hydrogen-bond acceptors (Lipinski definition) is 6. The highest BCUT2D eigenvalue weighted by Crippen LogP contribution is 2.17. The normalized spacial score (nSPS) is 11.9. The zero-order valence-electron chi connectivity index (χ0n) is 40.9. The molecule has 0 bridgehead atoms. The molecule has 0 saturated carbocycles. The van der Waals surface area contributed by atoms with E-state index in [2.05, 4.69) is 27.7 Å². The van der Waals surface area contributed by atoms with Gasteiger partial charge in [0.1, 0.15) is 13.2 Å². The zero-order chi connectivity index (χ0) is 43.8. The molecule has 1 atom stereocenters. The van der Waals surface area contributed by atoms with Crippen molar-refractivity contribution in [1.82, 2.24) is 0 Å². The summed E-state index contributed by atoms with van der Waals surface area (Å²) in [6.07, 6.45) is 51.0. The maximum Gasteiger partial charge on any atom is 0.306 e. The van der Waals surface area contributed by atoms with Crippen LogP contribution >= 0.6 is 0 Å². The SMILES string of the molecule is CCCCCCCCCCCCCCCCCCCCCC(=O)OC[C@@H](COC(=O)CCCCCCCCCC(C)C)OC(=O)CCCCCCCCCCCCCCC. The molecule has 0 aromatic rings. The van der Waals surface area contributed by atoms with E-state index in [4.69, 9.17) is 14.2 Å². The van der Waals surface area contributed by atoms with Crippen molar-refractivity contribution in [2.24, 2.45) is 5.92 Å². The van der Waals surface area contributed by atoms with Gasteiger partial charge in [-0.1, -0.05) is 265 Å². The fourth-order valence-electron chi connectivity index (χ4n) is 8.22. The molecule has 0 amide bonds.